The fraction of sp³-hybridized carbons (Fsp3) is 0.800. The van der Waals surface area contributed by atoms with Crippen LogP contribution in [0.2, 0.25) is 0 Å². The lowest BCUT2D eigenvalue weighted by Crippen LogP contribution is -2.18. The van der Waals surface area contributed by atoms with Gasteiger partial charge < -0.3 is 5.32 Å². The van der Waals surface area contributed by atoms with Crippen molar-refractivity contribution in [2.75, 3.05) is 13.1 Å². The van der Waals surface area contributed by atoms with Crippen LogP contribution in [0.3, 0.4) is 0 Å². The van der Waals surface area contributed by atoms with Crippen LogP contribution in [0.5, 0.6) is 0 Å². The number of aryl methyl sites for hydroxylation is 1. The molecule has 0 fully saturated rings. The molecule has 0 bridgehead atoms. The number of nitrogens with zero attached hydrogens (tertiary/aromatic N) is 2. The summed E-state index contributed by atoms with van der Waals surface area (Å²) in [5.74, 6) is 1.77. The van der Waals surface area contributed by atoms with Crippen molar-refractivity contribution in [2.24, 2.45) is 5.92 Å². The zero-order chi connectivity index (χ0) is 10.2. The van der Waals surface area contributed by atoms with Gasteiger partial charge >= 0.3 is 0 Å². The van der Waals surface area contributed by atoms with E-state index in [0.29, 0.717) is 0 Å². The largest absolute Gasteiger partial charge is 0.317 e. The molecule has 0 saturated carbocycles. The van der Waals surface area contributed by atoms with Crippen LogP contribution < -0.4 is 5.32 Å². The van der Waals surface area contributed by atoms with E-state index in [1.165, 1.54) is 6.42 Å². The summed E-state index contributed by atoms with van der Waals surface area (Å²) in [5.41, 5.74) is 0. The lowest BCUT2D eigenvalue weighted by Gasteiger charge is -2.05. The van der Waals surface area contributed by atoms with Crippen LogP contribution in [0.1, 0.15) is 32.5 Å². The zero-order valence-corrected chi connectivity index (χ0v) is 9.08. The molecule has 0 spiro atoms. The Labute approximate surface area is 85.5 Å². The molecule has 0 aliphatic heterocycles. The van der Waals surface area contributed by atoms with Gasteiger partial charge in [0.15, 0.2) is 0 Å². The fourth-order valence-electron chi connectivity index (χ4n) is 1.25. The van der Waals surface area contributed by atoms with E-state index in [2.05, 4.69) is 34.3 Å². The third-order valence-electron chi connectivity index (χ3n) is 2.13. The van der Waals surface area contributed by atoms with Crippen molar-refractivity contribution in [2.45, 2.75) is 33.1 Å². The van der Waals surface area contributed by atoms with Crippen LogP contribution in [0.15, 0.2) is 6.33 Å². The van der Waals surface area contributed by atoms with Gasteiger partial charge in [0.1, 0.15) is 12.2 Å². The lowest BCUT2D eigenvalue weighted by molar-refractivity contribution is 0.530. The Kier molecular flexibility index (Phi) is 5.22. The molecule has 4 nitrogen and oxygen atoms in total. The van der Waals surface area contributed by atoms with E-state index in [-0.39, 0.29) is 0 Å². The molecule has 4 heteroatoms. The van der Waals surface area contributed by atoms with Crippen molar-refractivity contribution in [3.8, 4) is 0 Å². The number of H-pyrrole nitrogens is 1. The third-order valence-corrected chi connectivity index (χ3v) is 2.13. The molecule has 1 aromatic heterocycles. The Hall–Kier alpha value is -0.900. The molecule has 0 radical (unpaired) electrons. The molecule has 14 heavy (non-hydrogen) atoms. The Morgan fingerprint density at radius 3 is 2.93 bits per heavy atom. The molecule has 0 atom stereocenters. The molecule has 0 unspecified atom stereocenters. The van der Waals surface area contributed by atoms with Crippen LogP contribution in [0.25, 0.3) is 0 Å². The first-order valence-electron chi connectivity index (χ1n) is 5.34. The van der Waals surface area contributed by atoms with Gasteiger partial charge in [0, 0.05) is 6.42 Å². The van der Waals surface area contributed by atoms with Gasteiger partial charge in [-0.05, 0) is 31.8 Å². The van der Waals surface area contributed by atoms with E-state index in [9.17, 15) is 0 Å². The predicted octanol–water partition coefficient (Wildman–Crippen LogP) is 1.37. The molecule has 1 heterocycles. The van der Waals surface area contributed by atoms with Gasteiger partial charge in [0.25, 0.3) is 0 Å². The zero-order valence-electron chi connectivity index (χ0n) is 9.08. The quantitative estimate of drug-likeness (QED) is 0.648. The second-order valence-corrected chi connectivity index (χ2v) is 3.97. The molecule has 0 saturated heterocycles. The van der Waals surface area contributed by atoms with Crippen LogP contribution in [0, 0.1) is 5.92 Å². The Balaban J connectivity index is 1.90. The summed E-state index contributed by atoms with van der Waals surface area (Å²) in [6.45, 7) is 6.67. The number of aromatic nitrogens is 3. The standard InChI is InChI=1S/C10H20N4/c1-9(2)5-7-11-6-3-4-10-12-8-13-14-10/h8-9,11H,3-7H2,1-2H3,(H,12,13,14). The number of hydrogen-bond acceptors (Lipinski definition) is 3. The van der Waals surface area contributed by atoms with Gasteiger partial charge in [-0.15, -0.1) is 0 Å². The van der Waals surface area contributed by atoms with Crippen molar-refractivity contribution >= 4 is 0 Å². The summed E-state index contributed by atoms with van der Waals surface area (Å²) in [4.78, 5) is 4.07. The number of rotatable bonds is 7. The average molecular weight is 196 g/mol. The first-order chi connectivity index (χ1) is 6.79. The highest BCUT2D eigenvalue weighted by atomic mass is 15.2. The van der Waals surface area contributed by atoms with E-state index < -0.39 is 0 Å². The maximum absolute atomic E-state index is 4.07. The highest BCUT2D eigenvalue weighted by Crippen LogP contribution is 1.96. The summed E-state index contributed by atoms with van der Waals surface area (Å²) >= 11 is 0. The smallest absolute Gasteiger partial charge is 0.137 e. The maximum atomic E-state index is 4.07. The summed E-state index contributed by atoms with van der Waals surface area (Å²) in [6, 6.07) is 0. The molecule has 2 N–H and O–H groups in total. The van der Waals surface area contributed by atoms with Crippen LogP contribution in [-0.2, 0) is 6.42 Å². The minimum Gasteiger partial charge on any atom is -0.317 e. The maximum Gasteiger partial charge on any atom is 0.137 e. The summed E-state index contributed by atoms with van der Waals surface area (Å²) in [6.07, 6.45) is 4.91. The van der Waals surface area contributed by atoms with Crippen LogP contribution in [-0.4, -0.2) is 28.3 Å². The van der Waals surface area contributed by atoms with Crippen molar-refractivity contribution < 1.29 is 0 Å². The lowest BCUT2D eigenvalue weighted by atomic mass is 10.1. The monoisotopic (exact) mass is 196 g/mol. The Bertz CT molecular complexity index is 218. The van der Waals surface area contributed by atoms with Gasteiger partial charge in [-0.2, -0.15) is 5.10 Å². The first-order valence-corrected chi connectivity index (χ1v) is 5.34. The van der Waals surface area contributed by atoms with Gasteiger partial charge in [0.2, 0.25) is 0 Å². The Morgan fingerprint density at radius 2 is 2.29 bits per heavy atom. The predicted molar refractivity (Wildman–Crippen MR) is 57.0 cm³/mol. The SMILES string of the molecule is CC(C)CCNCCCc1ncn[nH]1. The van der Waals surface area contributed by atoms with Gasteiger partial charge in [-0.1, -0.05) is 13.8 Å². The minimum atomic E-state index is 0.789. The molecule has 0 aromatic carbocycles. The average Bonchev–Trinajstić information content (AvgIpc) is 2.63. The van der Waals surface area contributed by atoms with Gasteiger partial charge in [-0.3, -0.25) is 5.10 Å². The van der Waals surface area contributed by atoms with Crippen molar-refractivity contribution in [1.29, 1.82) is 0 Å². The summed E-state index contributed by atoms with van der Waals surface area (Å²) in [5, 5.41) is 10.1. The van der Waals surface area contributed by atoms with Crippen molar-refractivity contribution in [1.82, 2.24) is 20.5 Å². The van der Waals surface area contributed by atoms with E-state index in [1.807, 2.05) is 0 Å². The fourth-order valence-corrected chi connectivity index (χ4v) is 1.25. The number of nitrogens with one attached hydrogen (secondary N) is 2. The molecular formula is C10H20N4. The Morgan fingerprint density at radius 1 is 1.43 bits per heavy atom. The molecule has 1 rings (SSSR count). The summed E-state index contributed by atoms with van der Waals surface area (Å²) in [7, 11) is 0. The van der Waals surface area contributed by atoms with Crippen LogP contribution >= 0.6 is 0 Å². The molecule has 0 aliphatic carbocycles. The van der Waals surface area contributed by atoms with Crippen LogP contribution in [0.4, 0.5) is 0 Å². The second-order valence-electron chi connectivity index (χ2n) is 3.97. The summed E-state index contributed by atoms with van der Waals surface area (Å²) < 4.78 is 0. The van der Waals surface area contributed by atoms with E-state index in [1.54, 1.807) is 6.33 Å². The first kappa shape index (κ1) is 11.2. The highest BCUT2D eigenvalue weighted by Gasteiger charge is 1.96. The molecule has 80 valence electrons. The van der Waals surface area contributed by atoms with Crippen molar-refractivity contribution in [3.05, 3.63) is 12.2 Å². The topological polar surface area (TPSA) is 53.6 Å². The van der Waals surface area contributed by atoms with E-state index in [4.69, 9.17) is 0 Å². The number of hydrogen-bond donors (Lipinski definition) is 2. The second kappa shape index (κ2) is 6.54. The molecule has 0 aliphatic rings. The van der Waals surface area contributed by atoms with Crippen molar-refractivity contribution in [3.63, 3.8) is 0 Å². The molecular weight excluding hydrogens is 176 g/mol. The van der Waals surface area contributed by atoms with Gasteiger partial charge in [-0.25, -0.2) is 4.98 Å². The van der Waals surface area contributed by atoms with Gasteiger partial charge in [0.05, 0.1) is 0 Å². The van der Waals surface area contributed by atoms with E-state index in [0.717, 1.165) is 37.7 Å². The number of aromatic amines is 1. The third kappa shape index (κ3) is 4.97. The highest BCUT2D eigenvalue weighted by molar-refractivity contribution is 4.79. The van der Waals surface area contributed by atoms with E-state index >= 15 is 0 Å². The minimum absolute atomic E-state index is 0.789. The molecule has 1 aromatic rings. The normalized spacial score (nSPS) is 11.1. The molecule has 0 amide bonds.